The Hall–Kier alpha value is -3.37. The number of nitrogens with one attached hydrogen (secondary N) is 1. The van der Waals surface area contributed by atoms with Crippen LogP contribution in [-0.4, -0.2) is 23.3 Å². The van der Waals surface area contributed by atoms with Gasteiger partial charge in [0.2, 0.25) is 0 Å². The zero-order chi connectivity index (χ0) is 22.8. The molecule has 4 nitrogen and oxygen atoms in total. The number of benzene rings is 3. The average Bonchev–Trinajstić information content (AvgIpc) is 3.01. The Morgan fingerprint density at radius 1 is 0.812 bits per heavy atom. The van der Waals surface area contributed by atoms with E-state index in [9.17, 15) is 9.59 Å². The van der Waals surface area contributed by atoms with Crippen LogP contribution in [0.4, 0.5) is 5.69 Å². The normalized spacial score (nSPS) is 13.8. The molecule has 162 valence electrons. The molecule has 0 fully saturated rings. The SMILES string of the molecule is Cc1ccc(C2=C(Nc3ccc(C)c(Cl)c3)C(=O)N(CCc3ccccc3)C2=O)cc1C. The number of rotatable bonds is 6. The highest BCUT2D eigenvalue weighted by molar-refractivity contribution is 6.36. The Morgan fingerprint density at radius 3 is 2.22 bits per heavy atom. The fourth-order valence-corrected chi connectivity index (χ4v) is 3.94. The first-order valence-electron chi connectivity index (χ1n) is 10.6. The fraction of sp³-hybridized carbons (Fsp3) is 0.185. The van der Waals surface area contributed by atoms with Crippen molar-refractivity contribution < 1.29 is 9.59 Å². The average molecular weight is 445 g/mol. The van der Waals surface area contributed by atoms with Gasteiger partial charge >= 0.3 is 0 Å². The Bertz CT molecular complexity index is 1230. The molecule has 2 amide bonds. The zero-order valence-corrected chi connectivity index (χ0v) is 19.2. The van der Waals surface area contributed by atoms with Gasteiger partial charge in [-0.2, -0.15) is 0 Å². The van der Waals surface area contributed by atoms with Crippen LogP contribution in [0, 0.1) is 20.8 Å². The minimum Gasteiger partial charge on any atom is -0.350 e. The third-order valence-electron chi connectivity index (χ3n) is 5.87. The van der Waals surface area contributed by atoms with E-state index in [1.807, 2.05) is 81.4 Å². The lowest BCUT2D eigenvalue weighted by Crippen LogP contribution is -2.34. The maximum absolute atomic E-state index is 13.4. The van der Waals surface area contributed by atoms with Gasteiger partial charge in [0, 0.05) is 17.3 Å². The number of imide groups is 1. The van der Waals surface area contributed by atoms with Gasteiger partial charge < -0.3 is 5.32 Å². The van der Waals surface area contributed by atoms with E-state index in [0.29, 0.717) is 29.2 Å². The molecule has 0 aromatic heterocycles. The van der Waals surface area contributed by atoms with Crippen LogP contribution in [0.1, 0.15) is 27.8 Å². The molecular formula is C27H25ClN2O2. The van der Waals surface area contributed by atoms with Crippen molar-refractivity contribution in [2.75, 3.05) is 11.9 Å². The van der Waals surface area contributed by atoms with E-state index in [-0.39, 0.29) is 17.5 Å². The minimum absolute atomic E-state index is 0.283. The van der Waals surface area contributed by atoms with E-state index in [0.717, 1.165) is 27.8 Å². The van der Waals surface area contributed by atoms with E-state index in [2.05, 4.69) is 5.32 Å². The summed E-state index contributed by atoms with van der Waals surface area (Å²) in [5.41, 5.74) is 6.29. The fourth-order valence-electron chi connectivity index (χ4n) is 3.76. The zero-order valence-electron chi connectivity index (χ0n) is 18.4. The Balaban J connectivity index is 1.71. The Labute approximate surface area is 193 Å². The van der Waals surface area contributed by atoms with Crippen LogP contribution in [0.2, 0.25) is 5.02 Å². The van der Waals surface area contributed by atoms with Gasteiger partial charge in [-0.15, -0.1) is 0 Å². The molecule has 1 aliphatic rings. The predicted octanol–water partition coefficient (Wildman–Crippen LogP) is 5.70. The molecule has 0 aliphatic carbocycles. The summed E-state index contributed by atoms with van der Waals surface area (Å²) in [6.45, 7) is 6.26. The lowest BCUT2D eigenvalue weighted by molar-refractivity contribution is -0.136. The Kier molecular flexibility index (Phi) is 6.15. The van der Waals surface area contributed by atoms with E-state index in [1.165, 1.54) is 4.90 Å². The molecule has 0 radical (unpaired) electrons. The van der Waals surface area contributed by atoms with Crippen molar-refractivity contribution in [2.24, 2.45) is 0 Å². The molecule has 5 heteroatoms. The van der Waals surface area contributed by atoms with Crippen molar-refractivity contribution in [3.63, 3.8) is 0 Å². The number of hydrogen-bond donors (Lipinski definition) is 1. The molecule has 0 unspecified atom stereocenters. The number of anilines is 1. The van der Waals surface area contributed by atoms with Crippen molar-refractivity contribution in [3.8, 4) is 0 Å². The van der Waals surface area contributed by atoms with Crippen molar-refractivity contribution in [1.29, 1.82) is 0 Å². The summed E-state index contributed by atoms with van der Waals surface area (Å²) < 4.78 is 0. The predicted molar refractivity (Wildman–Crippen MR) is 130 cm³/mol. The van der Waals surface area contributed by atoms with Crippen LogP contribution < -0.4 is 5.32 Å². The quantitative estimate of drug-likeness (QED) is 0.496. The first-order valence-corrected chi connectivity index (χ1v) is 11.0. The summed E-state index contributed by atoms with van der Waals surface area (Å²) in [6, 6.07) is 21.2. The van der Waals surface area contributed by atoms with Crippen molar-refractivity contribution in [1.82, 2.24) is 4.90 Å². The molecule has 3 aromatic carbocycles. The van der Waals surface area contributed by atoms with Gasteiger partial charge in [0.05, 0.1) is 5.57 Å². The van der Waals surface area contributed by atoms with Crippen LogP contribution >= 0.6 is 11.6 Å². The third kappa shape index (κ3) is 4.32. The van der Waals surface area contributed by atoms with Crippen molar-refractivity contribution in [3.05, 3.63) is 105 Å². The number of amides is 2. The molecule has 0 saturated carbocycles. The smallest absolute Gasteiger partial charge is 0.278 e. The second-order valence-electron chi connectivity index (χ2n) is 8.14. The molecule has 4 rings (SSSR count). The summed E-state index contributed by atoms with van der Waals surface area (Å²) in [7, 11) is 0. The number of carbonyl (C=O) groups excluding carboxylic acids is 2. The largest absolute Gasteiger partial charge is 0.350 e. The highest BCUT2D eigenvalue weighted by atomic mass is 35.5. The van der Waals surface area contributed by atoms with Gasteiger partial charge in [0.25, 0.3) is 11.8 Å². The van der Waals surface area contributed by atoms with Crippen LogP contribution in [0.25, 0.3) is 5.57 Å². The molecule has 3 aromatic rings. The van der Waals surface area contributed by atoms with E-state index >= 15 is 0 Å². The summed E-state index contributed by atoms with van der Waals surface area (Å²) in [5, 5.41) is 3.78. The highest BCUT2D eigenvalue weighted by Gasteiger charge is 2.39. The summed E-state index contributed by atoms with van der Waals surface area (Å²) in [6.07, 6.45) is 0.599. The molecule has 0 saturated heterocycles. The lowest BCUT2D eigenvalue weighted by Gasteiger charge is -2.15. The van der Waals surface area contributed by atoms with Crippen LogP contribution in [0.3, 0.4) is 0 Å². The van der Waals surface area contributed by atoms with Crippen molar-refractivity contribution >= 4 is 34.7 Å². The molecule has 0 spiro atoms. The second kappa shape index (κ2) is 9.01. The van der Waals surface area contributed by atoms with Gasteiger partial charge in [-0.25, -0.2) is 0 Å². The molecule has 1 N–H and O–H groups in total. The highest BCUT2D eigenvalue weighted by Crippen LogP contribution is 2.32. The number of hydrogen-bond acceptors (Lipinski definition) is 3. The van der Waals surface area contributed by atoms with E-state index in [4.69, 9.17) is 11.6 Å². The van der Waals surface area contributed by atoms with Gasteiger partial charge in [0.1, 0.15) is 5.70 Å². The summed E-state index contributed by atoms with van der Waals surface area (Å²) >= 11 is 6.28. The summed E-state index contributed by atoms with van der Waals surface area (Å²) in [5.74, 6) is -0.606. The van der Waals surface area contributed by atoms with E-state index in [1.54, 1.807) is 6.07 Å². The second-order valence-corrected chi connectivity index (χ2v) is 8.54. The maximum atomic E-state index is 13.4. The standard InChI is InChI=1S/C27H25ClN2O2/c1-17-9-11-21(15-19(17)3)24-25(29-22-12-10-18(2)23(28)16-22)27(32)30(26(24)31)14-13-20-7-5-4-6-8-20/h4-12,15-16,29H,13-14H2,1-3H3. The van der Waals surface area contributed by atoms with Crippen LogP contribution in [-0.2, 0) is 16.0 Å². The van der Waals surface area contributed by atoms with E-state index < -0.39 is 0 Å². The monoisotopic (exact) mass is 444 g/mol. The first-order chi connectivity index (χ1) is 15.3. The van der Waals surface area contributed by atoms with Gasteiger partial charge in [-0.1, -0.05) is 66.2 Å². The molecule has 0 bridgehead atoms. The van der Waals surface area contributed by atoms with Crippen molar-refractivity contribution in [2.45, 2.75) is 27.2 Å². The van der Waals surface area contributed by atoms with Gasteiger partial charge in [-0.05, 0) is 67.1 Å². The maximum Gasteiger partial charge on any atom is 0.278 e. The number of carbonyl (C=O) groups is 2. The molecule has 1 heterocycles. The molecular weight excluding hydrogens is 420 g/mol. The number of nitrogens with zero attached hydrogens (tertiary/aromatic N) is 1. The number of aryl methyl sites for hydroxylation is 3. The van der Waals surface area contributed by atoms with Crippen LogP contribution in [0.5, 0.6) is 0 Å². The Morgan fingerprint density at radius 2 is 1.53 bits per heavy atom. The minimum atomic E-state index is -0.323. The number of halogens is 1. The van der Waals surface area contributed by atoms with Gasteiger partial charge in [0.15, 0.2) is 0 Å². The molecule has 32 heavy (non-hydrogen) atoms. The molecule has 0 atom stereocenters. The lowest BCUT2D eigenvalue weighted by atomic mass is 9.99. The molecule has 1 aliphatic heterocycles. The first kappa shape index (κ1) is 21.8. The summed E-state index contributed by atoms with van der Waals surface area (Å²) in [4.78, 5) is 28.1. The van der Waals surface area contributed by atoms with Crippen LogP contribution in [0.15, 0.2) is 72.4 Å². The topological polar surface area (TPSA) is 49.4 Å². The van der Waals surface area contributed by atoms with Gasteiger partial charge in [-0.3, -0.25) is 14.5 Å². The third-order valence-corrected chi connectivity index (χ3v) is 6.28.